The van der Waals surface area contributed by atoms with Crippen LogP contribution >= 0.6 is 0 Å². The van der Waals surface area contributed by atoms with Gasteiger partial charge in [0.1, 0.15) is 6.10 Å². The summed E-state index contributed by atoms with van der Waals surface area (Å²) < 4.78 is 5.22. The number of amides is 2. The second-order valence-electron chi connectivity index (χ2n) is 4.64. The lowest BCUT2D eigenvalue weighted by atomic mass is 10.1. The Bertz CT molecular complexity index is 468. The SMILES string of the molecule is Cc1ccccc1CC(=O)NNC(=O)C1CCCO1. The Morgan fingerprint density at radius 2 is 2.11 bits per heavy atom. The molecule has 1 heterocycles. The number of hydrogen-bond acceptors (Lipinski definition) is 3. The fourth-order valence-electron chi connectivity index (χ4n) is 2.02. The van der Waals surface area contributed by atoms with Crippen LogP contribution < -0.4 is 10.9 Å². The summed E-state index contributed by atoms with van der Waals surface area (Å²) >= 11 is 0. The molecular weight excluding hydrogens is 244 g/mol. The maximum Gasteiger partial charge on any atom is 0.267 e. The highest BCUT2D eigenvalue weighted by molar-refractivity contribution is 5.85. The van der Waals surface area contributed by atoms with Gasteiger partial charge in [0.25, 0.3) is 5.91 Å². The third kappa shape index (κ3) is 3.79. The van der Waals surface area contributed by atoms with Crippen LogP contribution in [0.4, 0.5) is 0 Å². The lowest BCUT2D eigenvalue weighted by Gasteiger charge is -2.11. The van der Waals surface area contributed by atoms with Crippen molar-refractivity contribution in [2.45, 2.75) is 32.3 Å². The molecule has 1 aliphatic heterocycles. The van der Waals surface area contributed by atoms with Gasteiger partial charge in [-0.05, 0) is 30.9 Å². The minimum absolute atomic E-state index is 0.236. The second kappa shape index (κ2) is 6.33. The van der Waals surface area contributed by atoms with Crippen LogP contribution in [-0.4, -0.2) is 24.5 Å². The topological polar surface area (TPSA) is 67.4 Å². The minimum atomic E-state index is -0.432. The number of benzene rings is 1. The van der Waals surface area contributed by atoms with Gasteiger partial charge in [0, 0.05) is 6.61 Å². The molecule has 1 saturated heterocycles. The number of hydrazine groups is 1. The molecule has 2 N–H and O–H groups in total. The van der Waals surface area contributed by atoms with Gasteiger partial charge in [0.15, 0.2) is 0 Å². The van der Waals surface area contributed by atoms with Gasteiger partial charge in [0.2, 0.25) is 5.91 Å². The van der Waals surface area contributed by atoms with Crippen molar-refractivity contribution < 1.29 is 14.3 Å². The third-order valence-corrected chi connectivity index (χ3v) is 3.16. The maximum atomic E-state index is 11.7. The molecule has 2 rings (SSSR count). The van der Waals surface area contributed by atoms with Gasteiger partial charge >= 0.3 is 0 Å². The highest BCUT2D eigenvalue weighted by Gasteiger charge is 2.23. The Morgan fingerprint density at radius 1 is 1.32 bits per heavy atom. The Morgan fingerprint density at radius 3 is 2.79 bits per heavy atom. The van der Waals surface area contributed by atoms with Crippen LogP contribution in [0.5, 0.6) is 0 Å². The highest BCUT2D eigenvalue weighted by Crippen LogP contribution is 2.11. The molecule has 2 amide bonds. The maximum absolute atomic E-state index is 11.7. The molecule has 0 spiro atoms. The predicted octanol–water partition coefficient (Wildman–Crippen LogP) is 0.864. The van der Waals surface area contributed by atoms with Gasteiger partial charge in [-0.3, -0.25) is 20.4 Å². The first-order valence-corrected chi connectivity index (χ1v) is 6.41. The molecule has 1 aliphatic rings. The summed E-state index contributed by atoms with van der Waals surface area (Å²) in [6.07, 6.45) is 1.41. The number of ether oxygens (including phenoxy) is 1. The third-order valence-electron chi connectivity index (χ3n) is 3.16. The zero-order valence-electron chi connectivity index (χ0n) is 10.9. The van der Waals surface area contributed by atoms with E-state index in [-0.39, 0.29) is 18.2 Å². The van der Waals surface area contributed by atoms with Crippen molar-refractivity contribution in [1.29, 1.82) is 0 Å². The summed E-state index contributed by atoms with van der Waals surface area (Å²) in [5, 5.41) is 0. The summed E-state index contributed by atoms with van der Waals surface area (Å²) in [5.74, 6) is -0.517. The van der Waals surface area contributed by atoms with Crippen molar-refractivity contribution in [1.82, 2.24) is 10.9 Å². The molecule has 0 bridgehead atoms. The van der Waals surface area contributed by atoms with Crippen molar-refractivity contribution >= 4 is 11.8 Å². The molecule has 5 heteroatoms. The van der Waals surface area contributed by atoms with E-state index in [0.717, 1.165) is 17.5 Å². The fourth-order valence-corrected chi connectivity index (χ4v) is 2.02. The molecular formula is C14H18N2O3. The molecule has 1 aromatic carbocycles. The lowest BCUT2D eigenvalue weighted by molar-refractivity contribution is -0.134. The first kappa shape index (κ1) is 13.5. The number of hydrogen-bond donors (Lipinski definition) is 2. The summed E-state index contributed by atoms with van der Waals surface area (Å²) in [5.41, 5.74) is 6.83. The molecule has 0 saturated carbocycles. The molecule has 1 fully saturated rings. The molecule has 1 atom stereocenters. The minimum Gasteiger partial charge on any atom is -0.368 e. The van der Waals surface area contributed by atoms with Crippen LogP contribution in [0, 0.1) is 6.92 Å². The Kier molecular flexibility index (Phi) is 4.52. The van der Waals surface area contributed by atoms with Crippen LogP contribution in [0.3, 0.4) is 0 Å². The quantitative estimate of drug-likeness (QED) is 0.794. The number of aryl methyl sites for hydroxylation is 1. The monoisotopic (exact) mass is 262 g/mol. The molecule has 1 unspecified atom stereocenters. The van der Waals surface area contributed by atoms with Gasteiger partial charge in [-0.2, -0.15) is 0 Å². The van der Waals surface area contributed by atoms with Crippen LogP contribution in [0.2, 0.25) is 0 Å². The normalized spacial score (nSPS) is 18.1. The number of carbonyl (C=O) groups excluding carboxylic acids is 2. The van der Waals surface area contributed by atoms with Crippen LogP contribution in [0.25, 0.3) is 0 Å². The van der Waals surface area contributed by atoms with Crippen LogP contribution in [0.15, 0.2) is 24.3 Å². The molecule has 0 aliphatic carbocycles. The van der Waals surface area contributed by atoms with Gasteiger partial charge < -0.3 is 4.74 Å². The van der Waals surface area contributed by atoms with E-state index in [0.29, 0.717) is 13.0 Å². The van der Waals surface area contributed by atoms with E-state index >= 15 is 0 Å². The van der Waals surface area contributed by atoms with Crippen molar-refractivity contribution in [2.75, 3.05) is 6.61 Å². The van der Waals surface area contributed by atoms with E-state index in [4.69, 9.17) is 4.74 Å². The van der Waals surface area contributed by atoms with Crippen LogP contribution in [0.1, 0.15) is 24.0 Å². The van der Waals surface area contributed by atoms with Crippen LogP contribution in [-0.2, 0) is 20.7 Å². The zero-order valence-corrected chi connectivity index (χ0v) is 10.9. The van der Waals surface area contributed by atoms with Gasteiger partial charge in [-0.25, -0.2) is 0 Å². The highest BCUT2D eigenvalue weighted by atomic mass is 16.5. The first-order valence-electron chi connectivity index (χ1n) is 6.41. The van der Waals surface area contributed by atoms with Gasteiger partial charge in [-0.1, -0.05) is 24.3 Å². The average Bonchev–Trinajstić information content (AvgIpc) is 2.93. The second-order valence-corrected chi connectivity index (χ2v) is 4.64. The summed E-state index contributed by atoms with van der Waals surface area (Å²) in [6.45, 7) is 2.56. The summed E-state index contributed by atoms with van der Waals surface area (Å²) in [4.78, 5) is 23.3. The number of nitrogens with one attached hydrogen (secondary N) is 2. The van der Waals surface area contributed by atoms with E-state index in [9.17, 15) is 9.59 Å². The average molecular weight is 262 g/mol. The Balaban J connectivity index is 1.78. The molecule has 5 nitrogen and oxygen atoms in total. The zero-order chi connectivity index (χ0) is 13.7. The van der Waals surface area contributed by atoms with E-state index in [1.54, 1.807) is 0 Å². The first-order chi connectivity index (χ1) is 9.16. The largest absolute Gasteiger partial charge is 0.368 e. The standard InChI is InChI=1S/C14H18N2O3/c1-10-5-2-3-6-11(10)9-13(17)15-16-14(18)12-7-4-8-19-12/h2-3,5-6,12H,4,7-9H2,1H3,(H,15,17)(H,16,18). The van der Waals surface area contributed by atoms with E-state index < -0.39 is 6.10 Å². The summed E-state index contributed by atoms with van der Waals surface area (Å²) in [7, 11) is 0. The van der Waals surface area contributed by atoms with Gasteiger partial charge in [0.05, 0.1) is 6.42 Å². The van der Waals surface area contributed by atoms with E-state index in [1.165, 1.54) is 0 Å². The van der Waals surface area contributed by atoms with Crippen molar-refractivity contribution in [3.8, 4) is 0 Å². The van der Waals surface area contributed by atoms with Crippen molar-refractivity contribution in [2.24, 2.45) is 0 Å². The molecule has 1 aromatic rings. The molecule has 0 radical (unpaired) electrons. The van der Waals surface area contributed by atoms with Crippen molar-refractivity contribution in [3.05, 3.63) is 35.4 Å². The molecule has 0 aromatic heterocycles. The summed E-state index contributed by atoms with van der Waals surface area (Å²) in [6, 6.07) is 7.67. The smallest absolute Gasteiger partial charge is 0.267 e. The number of carbonyl (C=O) groups is 2. The van der Waals surface area contributed by atoms with E-state index in [1.807, 2.05) is 31.2 Å². The Hall–Kier alpha value is -1.88. The van der Waals surface area contributed by atoms with E-state index in [2.05, 4.69) is 10.9 Å². The fraction of sp³-hybridized carbons (Fsp3) is 0.429. The number of rotatable bonds is 3. The Labute approximate surface area is 112 Å². The van der Waals surface area contributed by atoms with Gasteiger partial charge in [-0.15, -0.1) is 0 Å². The lowest BCUT2D eigenvalue weighted by Crippen LogP contribution is -2.46. The predicted molar refractivity (Wildman–Crippen MR) is 70.1 cm³/mol. The van der Waals surface area contributed by atoms with Crippen molar-refractivity contribution in [3.63, 3.8) is 0 Å². The molecule has 19 heavy (non-hydrogen) atoms. The molecule has 102 valence electrons.